The van der Waals surface area contributed by atoms with Crippen LogP contribution in [0.1, 0.15) is 27.2 Å². The predicted octanol–water partition coefficient (Wildman–Crippen LogP) is 0.982. The predicted molar refractivity (Wildman–Crippen MR) is 60.2 cm³/mol. The van der Waals surface area contributed by atoms with Crippen molar-refractivity contribution in [2.45, 2.75) is 27.2 Å². The molecule has 1 amide bonds. The zero-order chi connectivity index (χ0) is 12.8. The van der Waals surface area contributed by atoms with E-state index in [0.29, 0.717) is 13.2 Å². The summed E-state index contributed by atoms with van der Waals surface area (Å²) in [5.41, 5.74) is -0.494. The SMILES string of the molecule is COCCN(CCC(=O)O)C(=O)C(C)(C)C. The molecule has 0 aliphatic rings. The second-order valence-corrected chi connectivity index (χ2v) is 4.68. The van der Waals surface area contributed by atoms with Gasteiger partial charge in [-0.15, -0.1) is 0 Å². The van der Waals surface area contributed by atoms with Crippen molar-refractivity contribution in [2.24, 2.45) is 5.41 Å². The minimum absolute atomic E-state index is 0.0362. The van der Waals surface area contributed by atoms with Crippen molar-refractivity contribution in [1.82, 2.24) is 4.90 Å². The number of rotatable bonds is 6. The van der Waals surface area contributed by atoms with Crippen molar-refractivity contribution >= 4 is 11.9 Å². The van der Waals surface area contributed by atoms with Gasteiger partial charge in [0.1, 0.15) is 0 Å². The minimum atomic E-state index is -0.899. The number of aliphatic carboxylic acids is 1. The summed E-state index contributed by atoms with van der Waals surface area (Å²) in [6.07, 6.45) is -0.0362. The number of carbonyl (C=O) groups excluding carboxylic acids is 1. The van der Waals surface area contributed by atoms with Crippen LogP contribution in [0.25, 0.3) is 0 Å². The first-order valence-corrected chi connectivity index (χ1v) is 5.29. The van der Waals surface area contributed by atoms with Gasteiger partial charge < -0.3 is 14.7 Å². The molecule has 0 bridgehead atoms. The number of amides is 1. The first kappa shape index (κ1) is 14.9. The molecule has 1 N–H and O–H groups in total. The molecule has 0 aliphatic carbocycles. The number of carboxylic acid groups (broad SMARTS) is 1. The molecule has 0 rings (SSSR count). The monoisotopic (exact) mass is 231 g/mol. The lowest BCUT2D eigenvalue weighted by atomic mass is 9.94. The maximum Gasteiger partial charge on any atom is 0.305 e. The molecular formula is C11H21NO4. The molecule has 5 nitrogen and oxygen atoms in total. The summed E-state index contributed by atoms with van der Waals surface area (Å²) in [5.74, 6) is -0.949. The van der Waals surface area contributed by atoms with Crippen molar-refractivity contribution in [1.29, 1.82) is 0 Å². The average molecular weight is 231 g/mol. The highest BCUT2D eigenvalue weighted by Crippen LogP contribution is 2.17. The van der Waals surface area contributed by atoms with Gasteiger partial charge in [0.05, 0.1) is 13.0 Å². The molecule has 0 spiro atoms. The van der Waals surface area contributed by atoms with E-state index in [1.54, 1.807) is 7.11 Å². The van der Waals surface area contributed by atoms with E-state index in [2.05, 4.69) is 0 Å². The first-order valence-electron chi connectivity index (χ1n) is 5.29. The second-order valence-electron chi connectivity index (χ2n) is 4.68. The number of carboxylic acids is 1. The number of hydrogen-bond donors (Lipinski definition) is 1. The molecule has 0 aromatic rings. The largest absolute Gasteiger partial charge is 0.481 e. The number of ether oxygens (including phenoxy) is 1. The zero-order valence-electron chi connectivity index (χ0n) is 10.4. The van der Waals surface area contributed by atoms with Crippen molar-refractivity contribution in [3.05, 3.63) is 0 Å². The van der Waals surface area contributed by atoms with Crippen LogP contribution in [0.3, 0.4) is 0 Å². The zero-order valence-corrected chi connectivity index (χ0v) is 10.4. The van der Waals surface area contributed by atoms with Gasteiger partial charge >= 0.3 is 5.97 Å². The quantitative estimate of drug-likeness (QED) is 0.740. The smallest absolute Gasteiger partial charge is 0.305 e. The third-order valence-electron chi connectivity index (χ3n) is 2.09. The maximum absolute atomic E-state index is 12.0. The van der Waals surface area contributed by atoms with Crippen LogP contribution in [0.15, 0.2) is 0 Å². The third kappa shape index (κ3) is 5.70. The fourth-order valence-corrected chi connectivity index (χ4v) is 1.22. The Labute approximate surface area is 96.4 Å². The highest BCUT2D eigenvalue weighted by molar-refractivity contribution is 5.82. The average Bonchev–Trinajstić information content (AvgIpc) is 2.15. The summed E-state index contributed by atoms with van der Waals surface area (Å²) >= 11 is 0. The molecule has 0 aromatic heterocycles. The highest BCUT2D eigenvalue weighted by atomic mass is 16.5. The van der Waals surface area contributed by atoms with E-state index < -0.39 is 11.4 Å². The summed E-state index contributed by atoms with van der Waals surface area (Å²) in [6.45, 7) is 6.53. The number of carbonyl (C=O) groups is 2. The lowest BCUT2D eigenvalue weighted by Gasteiger charge is -2.28. The standard InChI is InChI=1S/C11H21NO4/c1-11(2,3)10(15)12(7-8-16-4)6-5-9(13)14/h5-8H2,1-4H3,(H,13,14). The molecule has 0 atom stereocenters. The second kappa shape index (κ2) is 6.48. The lowest BCUT2D eigenvalue weighted by molar-refractivity contribution is -0.142. The summed E-state index contributed by atoms with van der Waals surface area (Å²) in [7, 11) is 1.55. The molecule has 0 fully saturated rings. The van der Waals surface area contributed by atoms with Gasteiger partial charge in [0.2, 0.25) is 5.91 Å². The number of hydrogen-bond acceptors (Lipinski definition) is 3. The first-order chi connectivity index (χ1) is 7.29. The van der Waals surface area contributed by atoms with Crippen LogP contribution >= 0.6 is 0 Å². The highest BCUT2D eigenvalue weighted by Gasteiger charge is 2.27. The van der Waals surface area contributed by atoms with E-state index >= 15 is 0 Å². The molecule has 0 unspecified atom stereocenters. The maximum atomic E-state index is 12.0. The number of methoxy groups -OCH3 is 1. The van der Waals surface area contributed by atoms with Gasteiger partial charge in [-0.1, -0.05) is 20.8 Å². The van der Waals surface area contributed by atoms with E-state index in [1.165, 1.54) is 4.90 Å². The van der Waals surface area contributed by atoms with Gasteiger partial charge in [-0.2, -0.15) is 0 Å². The van der Waals surface area contributed by atoms with Gasteiger partial charge in [-0.25, -0.2) is 0 Å². The van der Waals surface area contributed by atoms with Crippen LogP contribution in [0.5, 0.6) is 0 Å². The Bertz CT molecular complexity index is 245. The van der Waals surface area contributed by atoms with Crippen LogP contribution < -0.4 is 0 Å². The van der Waals surface area contributed by atoms with Crippen molar-refractivity contribution in [3.8, 4) is 0 Å². The van der Waals surface area contributed by atoms with E-state index in [0.717, 1.165) is 0 Å². The van der Waals surface area contributed by atoms with E-state index in [9.17, 15) is 9.59 Å². The summed E-state index contributed by atoms with van der Waals surface area (Å²) in [6, 6.07) is 0. The molecule has 0 aromatic carbocycles. The molecule has 0 aliphatic heterocycles. The third-order valence-corrected chi connectivity index (χ3v) is 2.09. The Hall–Kier alpha value is -1.10. The Balaban J connectivity index is 4.41. The van der Waals surface area contributed by atoms with Gasteiger partial charge in [0, 0.05) is 25.6 Å². The van der Waals surface area contributed by atoms with Gasteiger partial charge in [-0.05, 0) is 0 Å². The van der Waals surface area contributed by atoms with Crippen LogP contribution in [0.2, 0.25) is 0 Å². The van der Waals surface area contributed by atoms with Crippen molar-refractivity contribution < 1.29 is 19.4 Å². The summed E-state index contributed by atoms with van der Waals surface area (Å²) < 4.78 is 4.90. The van der Waals surface area contributed by atoms with Gasteiger partial charge in [0.25, 0.3) is 0 Å². The van der Waals surface area contributed by atoms with E-state index in [-0.39, 0.29) is 18.9 Å². The van der Waals surface area contributed by atoms with E-state index in [4.69, 9.17) is 9.84 Å². The summed E-state index contributed by atoms with van der Waals surface area (Å²) in [4.78, 5) is 24.0. The lowest BCUT2D eigenvalue weighted by Crippen LogP contribution is -2.42. The normalized spacial score (nSPS) is 11.2. The minimum Gasteiger partial charge on any atom is -0.481 e. The van der Waals surface area contributed by atoms with Gasteiger partial charge in [-0.3, -0.25) is 9.59 Å². The number of nitrogens with zero attached hydrogens (tertiary/aromatic N) is 1. The molecular weight excluding hydrogens is 210 g/mol. The van der Waals surface area contributed by atoms with E-state index in [1.807, 2.05) is 20.8 Å². The van der Waals surface area contributed by atoms with Crippen LogP contribution in [-0.4, -0.2) is 48.7 Å². The Kier molecular flexibility index (Phi) is 6.03. The van der Waals surface area contributed by atoms with Gasteiger partial charge in [0.15, 0.2) is 0 Å². The Morgan fingerprint density at radius 3 is 2.19 bits per heavy atom. The topological polar surface area (TPSA) is 66.8 Å². The molecule has 5 heteroatoms. The fourth-order valence-electron chi connectivity index (χ4n) is 1.22. The van der Waals surface area contributed by atoms with Crippen LogP contribution in [0, 0.1) is 5.41 Å². The van der Waals surface area contributed by atoms with Crippen LogP contribution in [-0.2, 0) is 14.3 Å². The molecule has 0 radical (unpaired) electrons. The van der Waals surface area contributed by atoms with Crippen LogP contribution in [0.4, 0.5) is 0 Å². The molecule has 94 valence electrons. The molecule has 0 heterocycles. The Morgan fingerprint density at radius 2 is 1.81 bits per heavy atom. The van der Waals surface area contributed by atoms with Crippen molar-refractivity contribution in [3.63, 3.8) is 0 Å². The van der Waals surface area contributed by atoms with Crippen molar-refractivity contribution in [2.75, 3.05) is 26.8 Å². The molecule has 0 saturated carbocycles. The molecule has 16 heavy (non-hydrogen) atoms. The Morgan fingerprint density at radius 1 is 1.25 bits per heavy atom. The molecule has 0 saturated heterocycles. The summed E-state index contributed by atoms with van der Waals surface area (Å²) in [5, 5.41) is 8.60. The fraction of sp³-hybridized carbons (Fsp3) is 0.818.